The van der Waals surface area contributed by atoms with E-state index in [1.54, 1.807) is 0 Å². The Bertz CT molecular complexity index is 402. The number of rotatable bonds is 3. The molecule has 0 amide bonds. The fourth-order valence-electron chi connectivity index (χ4n) is 2.00. The molecule has 0 saturated carbocycles. The summed E-state index contributed by atoms with van der Waals surface area (Å²) in [6.45, 7) is 0.749. The Kier molecular flexibility index (Phi) is 3.38. The maximum atomic E-state index is 9.26. The summed E-state index contributed by atoms with van der Waals surface area (Å²) in [5.74, 6) is 0. The monoisotopic (exact) mass is 212 g/mol. The van der Waals surface area contributed by atoms with Crippen molar-refractivity contribution in [1.82, 2.24) is 5.32 Å². The fourth-order valence-corrected chi connectivity index (χ4v) is 2.00. The molecule has 0 bridgehead atoms. The van der Waals surface area contributed by atoms with Crippen LogP contribution in [-0.2, 0) is 6.54 Å². The molecule has 1 aliphatic rings. The molecular formula is C14H16N2. The summed E-state index contributed by atoms with van der Waals surface area (Å²) in [4.78, 5) is 0. The normalized spacial score (nSPS) is 23.9. The lowest BCUT2D eigenvalue weighted by molar-refractivity contribution is 0.435. The lowest BCUT2D eigenvalue weighted by Crippen LogP contribution is -2.42. The smallest absolute Gasteiger partial charge is 0.125 e. The van der Waals surface area contributed by atoms with Gasteiger partial charge in [0.25, 0.3) is 0 Å². The van der Waals surface area contributed by atoms with Gasteiger partial charge in [-0.3, -0.25) is 5.32 Å². The molecule has 1 aliphatic carbocycles. The van der Waals surface area contributed by atoms with E-state index in [1.165, 1.54) is 5.56 Å². The van der Waals surface area contributed by atoms with Gasteiger partial charge >= 0.3 is 0 Å². The van der Waals surface area contributed by atoms with Crippen molar-refractivity contribution >= 4 is 0 Å². The predicted molar refractivity (Wildman–Crippen MR) is 64.6 cm³/mol. The van der Waals surface area contributed by atoms with Crippen LogP contribution in [0.5, 0.6) is 0 Å². The van der Waals surface area contributed by atoms with Gasteiger partial charge in [-0.05, 0) is 24.8 Å². The summed E-state index contributed by atoms with van der Waals surface area (Å²) >= 11 is 0. The van der Waals surface area contributed by atoms with Crippen molar-refractivity contribution in [2.24, 2.45) is 0 Å². The van der Waals surface area contributed by atoms with Gasteiger partial charge in [-0.25, -0.2) is 0 Å². The Morgan fingerprint density at radius 1 is 1.31 bits per heavy atom. The highest BCUT2D eigenvalue weighted by Gasteiger charge is 2.27. The Morgan fingerprint density at radius 3 is 2.75 bits per heavy atom. The number of benzene rings is 1. The minimum Gasteiger partial charge on any atom is -0.292 e. The van der Waals surface area contributed by atoms with E-state index < -0.39 is 5.54 Å². The van der Waals surface area contributed by atoms with Gasteiger partial charge in [0, 0.05) is 6.54 Å². The molecule has 0 aromatic heterocycles. The van der Waals surface area contributed by atoms with Gasteiger partial charge in [0.05, 0.1) is 6.07 Å². The molecule has 0 heterocycles. The predicted octanol–water partition coefficient (Wildman–Crippen LogP) is 2.78. The number of nitrogens with one attached hydrogen (secondary N) is 1. The van der Waals surface area contributed by atoms with Gasteiger partial charge in [-0.2, -0.15) is 5.26 Å². The summed E-state index contributed by atoms with van der Waals surface area (Å²) in [6, 6.07) is 12.6. The van der Waals surface area contributed by atoms with Crippen molar-refractivity contribution in [1.29, 1.82) is 5.26 Å². The SMILES string of the molecule is N#CC1(NCc2ccccc2)C=CCCC1. The third-order valence-corrected chi connectivity index (χ3v) is 2.99. The summed E-state index contributed by atoms with van der Waals surface area (Å²) in [6.07, 6.45) is 7.21. The summed E-state index contributed by atoms with van der Waals surface area (Å²) < 4.78 is 0. The van der Waals surface area contributed by atoms with E-state index in [1.807, 2.05) is 24.3 Å². The first-order valence-corrected chi connectivity index (χ1v) is 5.73. The maximum absolute atomic E-state index is 9.26. The minimum absolute atomic E-state index is 0.450. The van der Waals surface area contributed by atoms with Crippen LogP contribution in [0, 0.1) is 11.3 Å². The first-order chi connectivity index (χ1) is 7.85. The molecule has 0 aliphatic heterocycles. The lowest BCUT2D eigenvalue weighted by Gasteiger charge is -2.27. The van der Waals surface area contributed by atoms with Gasteiger partial charge in [0.2, 0.25) is 0 Å². The fraction of sp³-hybridized carbons (Fsp3) is 0.357. The van der Waals surface area contributed by atoms with Crippen LogP contribution in [0.3, 0.4) is 0 Å². The van der Waals surface area contributed by atoms with Crippen molar-refractivity contribution in [2.75, 3.05) is 0 Å². The van der Waals surface area contributed by atoms with Crippen molar-refractivity contribution in [3.63, 3.8) is 0 Å². The number of allylic oxidation sites excluding steroid dienone is 1. The highest BCUT2D eigenvalue weighted by Crippen LogP contribution is 2.21. The largest absolute Gasteiger partial charge is 0.292 e. The molecule has 0 radical (unpaired) electrons. The van der Waals surface area contributed by atoms with E-state index in [4.69, 9.17) is 0 Å². The quantitative estimate of drug-likeness (QED) is 0.782. The Balaban J connectivity index is 2.01. The van der Waals surface area contributed by atoms with Crippen LogP contribution in [0.2, 0.25) is 0 Å². The molecule has 1 aromatic carbocycles. The molecule has 1 unspecified atom stereocenters. The molecule has 2 heteroatoms. The van der Waals surface area contributed by atoms with E-state index in [-0.39, 0.29) is 0 Å². The first-order valence-electron chi connectivity index (χ1n) is 5.73. The molecule has 0 saturated heterocycles. The van der Waals surface area contributed by atoms with Crippen LogP contribution < -0.4 is 5.32 Å². The second-order valence-electron chi connectivity index (χ2n) is 4.22. The number of nitrogens with zero attached hydrogens (tertiary/aromatic N) is 1. The van der Waals surface area contributed by atoms with Gasteiger partial charge in [-0.15, -0.1) is 0 Å². The maximum Gasteiger partial charge on any atom is 0.125 e. The zero-order chi connectivity index (χ0) is 11.3. The molecule has 82 valence electrons. The van der Waals surface area contributed by atoms with E-state index in [0.717, 1.165) is 25.8 Å². The molecule has 2 rings (SSSR count). The number of nitriles is 1. The number of hydrogen-bond acceptors (Lipinski definition) is 2. The summed E-state index contributed by atoms with van der Waals surface area (Å²) in [5, 5.41) is 12.6. The van der Waals surface area contributed by atoms with Gasteiger partial charge in [0.1, 0.15) is 5.54 Å². The van der Waals surface area contributed by atoms with E-state index in [2.05, 4.69) is 29.6 Å². The van der Waals surface area contributed by atoms with Crippen molar-refractivity contribution in [3.05, 3.63) is 48.0 Å². The average Bonchev–Trinajstić information content (AvgIpc) is 2.39. The zero-order valence-electron chi connectivity index (χ0n) is 9.32. The van der Waals surface area contributed by atoms with E-state index in [0.29, 0.717) is 0 Å². The second-order valence-corrected chi connectivity index (χ2v) is 4.22. The van der Waals surface area contributed by atoms with Crippen LogP contribution in [0.15, 0.2) is 42.5 Å². The minimum atomic E-state index is -0.450. The molecule has 0 spiro atoms. The van der Waals surface area contributed by atoms with Crippen LogP contribution in [0.25, 0.3) is 0 Å². The second kappa shape index (κ2) is 4.96. The van der Waals surface area contributed by atoms with Crippen molar-refractivity contribution in [3.8, 4) is 6.07 Å². The standard InChI is InChI=1S/C14H16N2/c15-12-14(9-5-2-6-10-14)16-11-13-7-3-1-4-8-13/h1,3-5,7-9,16H,2,6,10-11H2. The highest BCUT2D eigenvalue weighted by atomic mass is 15.0. The molecule has 1 atom stereocenters. The molecular weight excluding hydrogens is 196 g/mol. The van der Waals surface area contributed by atoms with E-state index in [9.17, 15) is 5.26 Å². The van der Waals surface area contributed by atoms with Crippen LogP contribution >= 0.6 is 0 Å². The third-order valence-electron chi connectivity index (χ3n) is 2.99. The van der Waals surface area contributed by atoms with Crippen molar-refractivity contribution < 1.29 is 0 Å². The summed E-state index contributed by atoms with van der Waals surface area (Å²) in [7, 11) is 0. The van der Waals surface area contributed by atoms with Crippen LogP contribution in [-0.4, -0.2) is 5.54 Å². The lowest BCUT2D eigenvalue weighted by atomic mass is 9.89. The van der Waals surface area contributed by atoms with Gasteiger partial charge in [-0.1, -0.05) is 42.5 Å². The van der Waals surface area contributed by atoms with Gasteiger partial charge in [0.15, 0.2) is 0 Å². The Morgan fingerprint density at radius 2 is 2.12 bits per heavy atom. The molecule has 16 heavy (non-hydrogen) atoms. The highest BCUT2D eigenvalue weighted by molar-refractivity contribution is 5.24. The Hall–Kier alpha value is -1.59. The number of hydrogen-bond donors (Lipinski definition) is 1. The van der Waals surface area contributed by atoms with Crippen molar-refractivity contribution in [2.45, 2.75) is 31.3 Å². The third kappa shape index (κ3) is 2.50. The Labute approximate surface area is 96.6 Å². The first kappa shape index (κ1) is 10.9. The van der Waals surface area contributed by atoms with E-state index >= 15 is 0 Å². The molecule has 1 aromatic rings. The van der Waals surface area contributed by atoms with Crippen LogP contribution in [0.4, 0.5) is 0 Å². The van der Waals surface area contributed by atoms with Crippen LogP contribution in [0.1, 0.15) is 24.8 Å². The molecule has 1 N–H and O–H groups in total. The zero-order valence-corrected chi connectivity index (χ0v) is 9.32. The molecule has 0 fully saturated rings. The average molecular weight is 212 g/mol. The topological polar surface area (TPSA) is 35.8 Å². The molecule has 2 nitrogen and oxygen atoms in total. The van der Waals surface area contributed by atoms with Gasteiger partial charge < -0.3 is 0 Å². The summed E-state index contributed by atoms with van der Waals surface area (Å²) in [5.41, 5.74) is 0.768.